The van der Waals surface area contributed by atoms with Crippen molar-refractivity contribution in [2.75, 3.05) is 20.7 Å². The molecule has 0 aromatic heterocycles. The molecule has 0 bridgehead atoms. The maximum atomic E-state index is 11.0. The molecule has 3 nitrogen and oxygen atoms in total. The van der Waals surface area contributed by atoms with Crippen molar-refractivity contribution in [1.82, 2.24) is 5.32 Å². The van der Waals surface area contributed by atoms with Gasteiger partial charge in [0.2, 0.25) is 0 Å². The Balaban J connectivity index is 0.00000200. The zero-order valence-corrected chi connectivity index (χ0v) is 13.1. The summed E-state index contributed by atoms with van der Waals surface area (Å²) in [5.74, 6) is 1.02. The summed E-state index contributed by atoms with van der Waals surface area (Å²) in [6.07, 6.45) is 5.33. The topological polar surface area (TPSA) is 41.5 Å². The molecule has 0 spiro atoms. The molecule has 1 aliphatic carbocycles. The molecule has 114 valence electrons. The van der Waals surface area contributed by atoms with Gasteiger partial charge in [0, 0.05) is 12.5 Å². The van der Waals surface area contributed by atoms with Crippen molar-refractivity contribution in [2.45, 2.75) is 43.6 Å². The maximum absolute atomic E-state index is 11.0. The monoisotopic (exact) mass is 298 g/mol. The van der Waals surface area contributed by atoms with Gasteiger partial charge in [-0.15, -0.1) is 0 Å². The lowest BCUT2D eigenvalue weighted by atomic mass is 9.73. The van der Waals surface area contributed by atoms with E-state index in [1.807, 2.05) is 19.2 Å². The lowest BCUT2D eigenvalue weighted by Crippen LogP contribution is -3.00. The Kier molecular flexibility index (Phi) is 6.80. The molecular weight excluding hydrogens is 274 g/mol. The molecule has 0 radical (unpaired) electrons. The molecule has 0 saturated heterocycles. The van der Waals surface area contributed by atoms with Crippen LogP contribution >= 0.6 is 0 Å². The van der Waals surface area contributed by atoms with E-state index in [1.54, 1.807) is 7.11 Å². The van der Waals surface area contributed by atoms with Gasteiger partial charge in [0.15, 0.2) is 0 Å². The number of rotatable bonds is 5. The van der Waals surface area contributed by atoms with Crippen LogP contribution in [0.3, 0.4) is 0 Å². The van der Waals surface area contributed by atoms with Crippen LogP contribution in [0, 0.1) is 0 Å². The number of benzene rings is 1. The van der Waals surface area contributed by atoms with E-state index in [1.165, 1.54) is 12.0 Å². The number of nitrogens with one attached hydrogen (secondary N) is 1. The van der Waals surface area contributed by atoms with Crippen LogP contribution in [0.25, 0.3) is 0 Å². The van der Waals surface area contributed by atoms with Gasteiger partial charge in [-0.3, -0.25) is 0 Å². The molecular formula is C16H25ClNO2-. The van der Waals surface area contributed by atoms with E-state index in [4.69, 9.17) is 4.74 Å². The van der Waals surface area contributed by atoms with E-state index in [0.29, 0.717) is 0 Å². The Morgan fingerprint density at radius 3 is 2.30 bits per heavy atom. The molecule has 1 aliphatic rings. The van der Waals surface area contributed by atoms with Crippen molar-refractivity contribution in [3.63, 3.8) is 0 Å². The molecule has 1 aromatic rings. The van der Waals surface area contributed by atoms with E-state index in [9.17, 15) is 5.11 Å². The molecule has 4 heteroatoms. The van der Waals surface area contributed by atoms with E-state index in [2.05, 4.69) is 17.4 Å². The van der Waals surface area contributed by atoms with Crippen molar-refractivity contribution >= 4 is 0 Å². The van der Waals surface area contributed by atoms with Gasteiger partial charge in [-0.1, -0.05) is 31.4 Å². The summed E-state index contributed by atoms with van der Waals surface area (Å²) in [4.78, 5) is 0. The molecule has 1 fully saturated rings. The molecule has 2 N–H and O–H groups in total. The Hall–Kier alpha value is -0.770. The van der Waals surface area contributed by atoms with Crippen molar-refractivity contribution in [2.24, 2.45) is 0 Å². The lowest BCUT2D eigenvalue weighted by Gasteiger charge is -2.39. The fourth-order valence-corrected chi connectivity index (χ4v) is 3.17. The SMILES string of the molecule is CNCC(c1ccc(OC)cc1)C1(O)CCCCC1.[Cl-]. The number of aliphatic hydroxyl groups is 1. The highest BCUT2D eigenvalue weighted by molar-refractivity contribution is 5.31. The van der Waals surface area contributed by atoms with E-state index in [0.717, 1.165) is 38.0 Å². The Labute approximate surface area is 128 Å². The summed E-state index contributed by atoms with van der Waals surface area (Å²) in [6, 6.07) is 8.11. The molecule has 0 aliphatic heterocycles. The minimum Gasteiger partial charge on any atom is -1.00 e. The third kappa shape index (κ3) is 3.87. The zero-order chi connectivity index (χ0) is 13.7. The molecule has 1 saturated carbocycles. The van der Waals surface area contributed by atoms with Crippen molar-refractivity contribution < 1.29 is 22.3 Å². The summed E-state index contributed by atoms with van der Waals surface area (Å²) >= 11 is 0. The first-order valence-corrected chi connectivity index (χ1v) is 7.20. The number of hydrogen-bond acceptors (Lipinski definition) is 3. The third-order valence-corrected chi connectivity index (χ3v) is 4.29. The van der Waals surface area contributed by atoms with Crippen LogP contribution in [0.5, 0.6) is 5.75 Å². The minimum atomic E-state index is -0.560. The van der Waals surface area contributed by atoms with Crippen LogP contribution in [0.4, 0.5) is 0 Å². The van der Waals surface area contributed by atoms with Crippen molar-refractivity contribution in [1.29, 1.82) is 0 Å². The van der Waals surface area contributed by atoms with E-state index >= 15 is 0 Å². The molecule has 1 atom stereocenters. The molecule has 1 aromatic carbocycles. The van der Waals surface area contributed by atoms with Crippen LogP contribution < -0.4 is 22.5 Å². The van der Waals surface area contributed by atoms with Gasteiger partial charge in [-0.2, -0.15) is 0 Å². The number of ether oxygens (including phenoxy) is 1. The second-order valence-electron chi connectivity index (χ2n) is 5.55. The Bertz CT molecular complexity index is 388. The van der Waals surface area contributed by atoms with Crippen LogP contribution in [-0.4, -0.2) is 31.4 Å². The van der Waals surface area contributed by atoms with E-state index in [-0.39, 0.29) is 18.3 Å². The first kappa shape index (κ1) is 17.3. The van der Waals surface area contributed by atoms with Crippen molar-refractivity contribution in [3.8, 4) is 5.75 Å². The van der Waals surface area contributed by atoms with Gasteiger partial charge in [-0.25, -0.2) is 0 Å². The van der Waals surface area contributed by atoms with Crippen LogP contribution in [0.1, 0.15) is 43.6 Å². The highest BCUT2D eigenvalue weighted by Crippen LogP contribution is 2.39. The average Bonchev–Trinajstić information content (AvgIpc) is 2.45. The molecule has 1 unspecified atom stereocenters. The van der Waals surface area contributed by atoms with Crippen LogP contribution in [-0.2, 0) is 0 Å². The second-order valence-corrected chi connectivity index (χ2v) is 5.55. The van der Waals surface area contributed by atoms with Crippen LogP contribution in [0.2, 0.25) is 0 Å². The second kappa shape index (κ2) is 7.87. The normalized spacial score (nSPS) is 18.9. The smallest absolute Gasteiger partial charge is 0.118 e. The summed E-state index contributed by atoms with van der Waals surface area (Å²) in [5, 5.41) is 14.2. The summed E-state index contributed by atoms with van der Waals surface area (Å²) in [5.41, 5.74) is 0.634. The number of methoxy groups -OCH3 is 1. The Morgan fingerprint density at radius 1 is 1.20 bits per heavy atom. The van der Waals surface area contributed by atoms with Gasteiger partial charge in [0.1, 0.15) is 5.75 Å². The highest BCUT2D eigenvalue weighted by atomic mass is 35.5. The lowest BCUT2D eigenvalue weighted by molar-refractivity contribution is -0.0211. The van der Waals surface area contributed by atoms with Gasteiger partial charge in [-0.05, 0) is 37.6 Å². The molecule has 0 amide bonds. The minimum absolute atomic E-state index is 0. The number of hydrogen-bond donors (Lipinski definition) is 2. The largest absolute Gasteiger partial charge is 1.00 e. The quantitative estimate of drug-likeness (QED) is 0.784. The van der Waals surface area contributed by atoms with Gasteiger partial charge >= 0.3 is 0 Å². The first-order valence-electron chi connectivity index (χ1n) is 7.20. The first-order chi connectivity index (χ1) is 9.19. The predicted octanol–water partition coefficient (Wildman–Crippen LogP) is -0.303. The molecule has 20 heavy (non-hydrogen) atoms. The Morgan fingerprint density at radius 2 is 1.80 bits per heavy atom. The molecule has 2 rings (SSSR count). The third-order valence-electron chi connectivity index (χ3n) is 4.29. The van der Waals surface area contributed by atoms with Crippen LogP contribution in [0.15, 0.2) is 24.3 Å². The van der Waals surface area contributed by atoms with Crippen molar-refractivity contribution in [3.05, 3.63) is 29.8 Å². The van der Waals surface area contributed by atoms with E-state index < -0.39 is 5.60 Å². The van der Waals surface area contributed by atoms with Gasteiger partial charge < -0.3 is 27.6 Å². The predicted molar refractivity (Wildman–Crippen MR) is 77.7 cm³/mol. The summed E-state index contributed by atoms with van der Waals surface area (Å²) < 4.78 is 5.20. The standard InChI is InChI=1S/C16H25NO2.ClH/c1-17-12-15(16(18)10-4-3-5-11-16)13-6-8-14(19-2)9-7-13;/h6-9,15,17-18H,3-5,10-12H2,1-2H3;1H/p-1. The average molecular weight is 299 g/mol. The highest BCUT2D eigenvalue weighted by Gasteiger charge is 2.38. The summed E-state index contributed by atoms with van der Waals surface area (Å²) in [7, 11) is 3.62. The van der Waals surface area contributed by atoms with Gasteiger partial charge in [0.25, 0.3) is 0 Å². The fraction of sp³-hybridized carbons (Fsp3) is 0.625. The fourth-order valence-electron chi connectivity index (χ4n) is 3.17. The zero-order valence-electron chi connectivity index (χ0n) is 12.4. The van der Waals surface area contributed by atoms with Gasteiger partial charge in [0.05, 0.1) is 12.7 Å². The maximum Gasteiger partial charge on any atom is 0.118 e. The number of likely N-dealkylation sites (N-methyl/N-ethyl adjacent to an activating group) is 1. The summed E-state index contributed by atoms with van der Waals surface area (Å²) in [6.45, 7) is 0.808. The molecule has 0 heterocycles. The number of halogens is 1.